The molecule has 1 aliphatic rings. The number of carbonyl (C=O) groups is 1. The van der Waals surface area contributed by atoms with E-state index in [1.54, 1.807) is 24.3 Å². The van der Waals surface area contributed by atoms with Crippen LogP contribution in [0.4, 0.5) is 17.1 Å². The molecule has 0 radical (unpaired) electrons. The predicted molar refractivity (Wildman–Crippen MR) is 125 cm³/mol. The highest BCUT2D eigenvalue weighted by atomic mass is 32.2. The molecule has 32 heavy (non-hydrogen) atoms. The lowest BCUT2D eigenvalue weighted by Gasteiger charge is -2.28. The van der Waals surface area contributed by atoms with E-state index < -0.39 is 16.3 Å². The number of hydrogen-bond acceptors (Lipinski definition) is 6. The number of aryl methyl sites for hydroxylation is 1. The van der Waals surface area contributed by atoms with Gasteiger partial charge in [0.1, 0.15) is 11.1 Å². The molecule has 4 N–H and O–H groups in total. The molecule has 3 aromatic rings. The van der Waals surface area contributed by atoms with Crippen LogP contribution in [0, 0.1) is 19.1 Å². The first-order valence-electron chi connectivity index (χ1n) is 9.82. The summed E-state index contributed by atoms with van der Waals surface area (Å²) in [5.74, 6) is -0.383. The molecule has 0 bridgehead atoms. The lowest BCUT2D eigenvalue weighted by Crippen LogP contribution is -2.32. The van der Waals surface area contributed by atoms with Crippen molar-refractivity contribution >= 4 is 44.8 Å². The van der Waals surface area contributed by atoms with Crippen LogP contribution in [0.25, 0.3) is 0 Å². The lowest BCUT2D eigenvalue weighted by molar-refractivity contribution is 0.102. The van der Waals surface area contributed by atoms with Crippen molar-refractivity contribution in [1.82, 2.24) is 0 Å². The van der Waals surface area contributed by atoms with Gasteiger partial charge in [-0.15, -0.1) is 11.8 Å². The Morgan fingerprint density at radius 3 is 2.62 bits per heavy atom. The van der Waals surface area contributed by atoms with Crippen molar-refractivity contribution in [1.29, 1.82) is 0 Å². The molecule has 9 heteroatoms. The van der Waals surface area contributed by atoms with Gasteiger partial charge >= 0.3 is 0 Å². The number of benzene rings is 2. The van der Waals surface area contributed by atoms with Gasteiger partial charge in [0.05, 0.1) is 22.3 Å². The van der Waals surface area contributed by atoms with Crippen LogP contribution in [0.1, 0.15) is 22.8 Å². The van der Waals surface area contributed by atoms with Crippen LogP contribution in [0.5, 0.6) is 0 Å². The predicted octanol–water partition coefficient (Wildman–Crippen LogP) is 3.87. The number of para-hydroxylation sites is 1. The Bertz CT molecular complexity index is 1260. The Balaban J connectivity index is 1.46. The van der Waals surface area contributed by atoms with Gasteiger partial charge in [-0.1, -0.05) is 18.2 Å². The van der Waals surface area contributed by atoms with Crippen molar-refractivity contribution in [3.63, 3.8) is 0 Å². The number of sulfonamides is 1. The van der Waals surface area contributed by atoms with Gasteiger partial charge in [0.2, 0.25) is 0 Å². The van der Waals surface area contributed by atoms with E-state index in [1.807, 2.05) is 32.0 Å². The summed E-state index contributed by atoms with van der Waals surface area (Å²) in [6.07, 6.45) is -0.698. The Labute approximate surface area is 191 Å². The quantitative estimate of drug-likeness (QED) is 0.454. The molecule has 0 aliphatic carbocycles. The van der Waals surface area contributed by atoms with Crippen molar-refractivity contribution in [3.8, 4) is 0 Å². The summed E-state index contributed by atoms with van der Waals surface area (Å²) in [4.78, 5) is 13.5. The fraction of sp³-hybridized carbons (Fsp3) is 0.174. The fourth-order valence-corrected chi connectivity index (χ4v) is 5.16. The van der Waals surface area contributed by atoms with Gasteiger partial charge < -0.3 is 15.7 Å². The number of aliphatic hydroxyl groups is 1. The van der Waals surface area contributed by atoms with E-state index in [9.17, 15) is 18.3 Å². The van der Waals surface area contributed by atoms with Crippen LogP contribution in [0.3, 0.4) is 0 Å². The Morgan fingerprint density at radius 1 is 1.12 bits per heavy atom. The summed E-state index contributed by atoms with van der Waals surface area (Å²) >= 11 is 1.53. The number of fused-ring (bicyclic) bond motifs is 1. The summed E-state index contributed by atoms with van der Waals surface area (Å²) in [5.41, 5.74) is 2.65. The SMILES string of the molecule is Cc1ccccc1NS(=O)(=O)c1c#cc(NC(=O)c2ccc3c(c2)NC(O)C(C)S3)cc1. The molecule has 1 heterocycles. The largest absolute Gasteiger partial charge is 0.373 e. The van der Waals surface area contributed by atoms with Crippen LogP contribution in [0.15, 0.2) is 64.4 Å². The first-order valence-corrected chi connectivity index (χ1v) is 12.2. The van der Waals surface area contributed by atoms with Crippen LogP contribution in [-0.4, -0.2) is 30.9 Å². The minimum atomic E-state index is -3.84. The van der Waals surface area contributed by atoms with E-state index in [4.69, 9.17) is 0 Å². The average Bonchev–Trinajstić information content (AvgIpc) is 2.76. The monoisotopic (exact) mass is 467 g/mol. The molecule has 7 nitrogen and oxygen atoms in total. The van der Waals surface area contributed by atoms with Crippen LogP contribution >= 0.6 is 11.8 Å². The van der Waals surface area contributed by atoms with Gasteiger partial charge in [0.15, 0.2) is 0 Å². The highest BCUT2D eigenvalue weighted by molar-refractivity contribution is 8.00. The van der Waals surface area contributed by atoms with Crippen LogP contribution in [-0.2, 0) is 10.0 Å². The van der Waals surface area contributed by atoms with E-state index in [1.165, 1.54) is 23.9 Å². The highest BCUT2D eigenvalue weighted by Gasteiger charge is 2.24. The second-order valence-corrected chi connectivity index (χ2v) is 10.4. The topological polar surface area (TPSA) is 108 Å². The van der Waals surface area contributed by atoms with Crippen molar-refractivity contribution in [2.75, 3.05) is 15.4 Å². The molecule has 2 unspecified atom stereocenters. The Hall–Kier alpha value is -3.19. The second-order valence-electron chi connectivity index (χ2n) is 7.36. The average molecular weight is 468 g/mol. The third-order valence-corrected chi connectivity index (χ3v) is 7.50. The van der Waals surface area contributed by atoms with Gasteiger partial charge in [-0.2, -0.15) is 0 Å². The summed E-state index contributed by atoms with van der Waals surface area (Å²) in [5, 5.41) is 15.7. The van der Waals surface area contributed by atoms with Crippen LogP contribution in [0.2, 0.25) is 0 Å². The molecule has 0 saturated heterocycles. The number of thioether (sulfide) groups is 1. The molecule has 0 saturated carbocycles. The number of amides is 1. The number of carbonyl (C=O) groups excluding carboxylic acids is 1. The molecule has 2 atom stereocenters. The van der Waals surface area contributed by atoms with Crippen molar-refractivity contribution in [2.45, 2.75) is 35.1 Å². The maximum Gasteiger partial charge on any atom is 0.269 e. The molecular weight excluding hydrogens is 446 g/mol. The fourth-order valence-electron chi connectivity index (χ4n) is 3.11. The maximum absolute atomic E-state index is 12.6. The number of rotatable bonds is 5. The van der Waals surface area contributed by atoms with Crippen LogP contribution < -0.4 is 15.4 Å². The zero-order valence-corrected chi connectivity index (χ0v) is 19.0. The smallest absolute Gasteiger partial charge is 0.269 e. The van der Waals surface area contributed by atoms with Gasteiger partial charge in [0.25, 0.3) is 15.9 Å². The number of hydrogen-bond donors (Lipinski definition) is 4. The van der Waals surface area contributed by atoms with E-state index >= 15 is 0 Å². The first kappa shape index (κ1) is 22.0. The summed E-state index contributed by atoms with van der Waals surface area (Å²) in [7, 11) is -3.84. The first-order chi connectivity index (χ1) is 15.2. The molecule has 0 spiro atoms. The second kappa shape index (κ2) is 8.74. The molecule has 3 aromatic carbocycles. The van der Waals surface area contributed by atoms with Gasteiger partial charge in [0, 0.05) is 10.5 Å². The van der Waals surface area contributed by atoms with E-state index in [0.29, 0.717) is 22.6 Å². The zero-order chi connectivity index (χ0) is 22.9. The number of nitrogens with one attached hydrogen (secondary N) is 3. The lowest BCUT2D eigenvalue weighted by atomic mass is 10.1. The molecule has 4 rings (SSSR count). The summed E-state index contributed by atoms with van der Waals surface area (Å²) in [6.45, 7) is 3.72. The normalized spacial score (nSPS) is 17.5. The third kappa shape index (κ3) is 4.67. The maximum atomic E-state index is 12.6. The van der Waals surface area contributed by atoms with Crippen molar-refractivity contribution in [3.05, 3.63) is 77.9 Å². The number of aliphatic hydroxyl groups excluding tert-OH is 1. The van der Waals surface area contributed by atoms with Gasteiger partial charge in [-0.05, 0) is 67.9 Å². The van der Waals surface area contributed by atoms with E-state index in [-0.39, 0.29) is 16.1 Å². The van der Waals surface area contributed by atoms with Crippen molar-refractivity contribution in [2.24, 2.45) is 0 Å². The van der Waals surface area contributed by atoms with Gasteiger partial charge in [-0.3, -0.25) is 9.52 Å². The number of anilines is 3. The molecule has 0 aromatic heterocycles. The van der Waals surface area contributed by atoms with Gasteiger partial charge in [-0.25, -0.2) is 8.42 Å². The molecular formula is C23H21N3O4S2. The Morgan fingerprint density at radius 2 is 1.91 bits per heavy atom. The molecule has 164 valence electrons. The van der Waals surface area contributed by atoms with E-state index in [0.717, 1.165) is 10.5 Å². The highest BCUT2D eigenvalue weighted by Crippen LogP contribution is 2.37. The summed E-state index contributed by atoms with van der Waals surface area (Å²) in [6, 6.07) is 20.3. The molecule has 1 amide bonds. The standard InChI is InChI=1S/C23H21N3O4S2/c1-14-5-3-4-6-19(14)26-32(29,30)18-10-8-17(9-11-18)24-23(28)16-7-12-21-20(13-16)25-22(27)15(2)31-21/h3-8,10,12-13,15,22,25-27H,1-2H3,(H,24,28). The minimum absolute atomic E-state index is 0.00222. The molecule has 0 fully saturated rings. The molecule has 1 aliphatic heterocycles. The third-order valence-electron chi connectivity index (χ3n) is 4.95. The summed E-state index contributed by atoms with van der Waals surface area (Å²) < 4.78 is 27.8. The minimum Gasteiger partial charge on any atom is -0.373 e. The zero-order valence-electron chi connectivity index (χ0n) is 17.3. The van der Waals surface area contributed by atoms with Crippen molar-refractivity contribution < 1.29 is 18.3 Å². The van der Waals surface area contributed by atoms with E-state index in [2.05, 4.69) is 27.5 Å². The Kier molecular flexibility index (Phi) is 6.02.